The highest BCUT2D eigenvalue weighted by atomic mass is 32.2. The summed E-state index contributed by atoms with van der Waals surface area (Å²) in [5.41, 5.74) is 2.55. The summed E-state index contributed by atoms with van der Waals surface area (Å²) in [4.78, 5) is 4.84. The van der Waals surface area contributed by atoms with Gasteiger partial charge in [-0.1, -0.05) is 29.2 Å². The number of hydrogen-bond acceptors (Lipinski definition) is 6. The lowest BCUT2D eigenvalue weighted by molar-refractivity contribution is 0.419. The van der Waals surface area contributed by atoms with Crippen LogP contribution in [-0.4, -0.2) is 12.1 Å². The van der Waals surface area contributed by atoms with Gasteiger partial charge in [0.1, 0.15) is 11.3 Å². The fraction of sp³-hybridized carbons (Fsp3) is 0.0625. The number of pyridine rings is 1. The summed E-state index contributed by atoms with van der Waals surface area (Å²) in [7, 11) is -0.0933. The number of ether oxygens (including phenoxy) is 1. The molecule has 2 N–H and O–H groups in total. The molecule has 0 saturated heterocycles. The normalized spacial score (nSPS) is 10.8. The number of anilines is 2. The molecule has 3 rings (SSSR count). The van der Waals surface area contributed by atoms with Crippen molar-refractivity contribution in [1.82, 2.24) is 4.98 Å². The average Bonchev–Trinajstić information content (AvgIpc) is 2.55. The minimum atomic E-state index is -1.71. The molecule has 0 amide bonds. The van der Waals surface area contributed by atoms with Gasteiger partial charge in [0, 0.05) is 23.0 Å². The first-order valence-corrected chi connectivity index (χ1v) is 7.76. The largest absolute Gasteiger partial charge is 0.494 e. The van der Waals surface area contributed by atoms with Gasteiger partial charge in [-0.25, -0.2) is 0 Å². The van der Waals surface area contributed by atoms with Crippen molar-refractivity contribution in [3.8, 4) is 5.75 Å². The molecule has 0 fully saturated rings. The van der Waals surface area contributed by atoms with Crippen molar-refractivity contribution in [3.05, 3.63) is 54.7 Å². The molecule has 0 aliphatic rings. The van der Waals surface area contributed by atoms with Crippen LogP contribution in [0.5, 0.6) is 5.75 Å². The molecule has 112 valence electrons. The van der Waals surface area contributed by atoms with Crippen LogP contribution in [0.3, 0.4) is 0 Å². The van der Waals surface area contributed by atoms with Crippen molar-refractivity contribution < 1.29 is 8.95 Å². The second kappa shape index (κ2) is 6.03. The lowest BCUT2D eigenvalue weighted by atomic mass is 10.1. The van der Waals surface area contributed by atoms with Crippen molar-refractivity contribution >= 4 is 32.9 Å². The van der Waals surface area contributed by atoms with Gasteiger partial charge in [0.05, 0.1) is 7.11 Å². The summed E-state index contributed by atoms with van der Waals surface area (Å²) in [5.74, 6) is 0.723. The van der Waals surface area contributed by atoms with Gasteiger partial charge in [-0.05, 0) is 24.3 Å². The molecule has 0 unspecified atom stereocenters. The molecule has 22 heavy (non-hydrogen) atoms. The van der Waals surface area contributed by atoms with Crippen LogP contribution in [0.2, 0.25) is 0 Å². The number of para-hydroxylation sites is 1. The molecule has 0 saturated carbocycles. The molecular weight excluding hydrogens is 298 g/mol. The van der Waals surface area contributed by atoms with E-state index in [1.54, 1.807) is 37.6 Å². The van der Waals surface area contributed by atoms with Gasteiger partial charge in [0.25, 0.3) is 0 Å². The van der Waals surface area contributed by atoms with E-state index >= 15 is 0 Å². The second-order valence-electron chi connectivity index (χ2n) is 4.63. The fourth-order valence-electron chi connectivity index (χ4n) is 2.24. The lowest BCUT2D eigenvalue weighted by Gasteiger charge is -2.12. The predicted octanol–water partition coefficient (Wildman–Crippen LogP) is 4.07. The van der Waals surface area contributed by atoms with Crippen LogP contribution in [0, 0.1) is 4.78 Å². The molecule has 0 spiro atoms. The molecule has 0 radical (unpaired) electrons. The number of nitrogens with zero attached hydrogens (tertiary/aromatic N) is 1. The zero-order valence-electron chi connectivity index (χ0n) is 11.9. The van der Waals surface area contributed by atoms with Crippen LogP contribution < -0.4 is 10.1 Å². The molecule has 3 aromatic rings. The Morgan fingerprint density at radius 1 is 1.14 bits per heavy atom. The quantitative estimate of drug-likeness (QED) is 0.712. The third-order valence-corrected chi connectivity index (χ3v) is 4.00. The Bertz CT molecular complexity index is 882. The van der Waals surface area contributed by atoms with Crippen LogP contribution in [0.15, 0.2) is 59.6 Å². The Morgan fingerprint density at radius 3 is 2.59 bits per heavy atom. The van der Waals surface area contributed by atoms with Gasteiger partial charge >= 0.3 is 0 Å². The molecule has 0 aliphatic carbocycles. The number of aromatic nitrogens is 1. The van der Waals surface area contributed by atoms with E-state index in [1.165, 1.54) is 0 Å². The summed E-state index contributed by atoms with van der Waals surface area (Å²) in [5, 5.41) is 4.26. The van der Waals surface area contributed by atoms with E-state index in [2.05, 4.69) is 10.3 Å². The topological polar surface area (TPSA) is 75.1 Å². The first-order valence-electron chi connectivity index (χ1n) is 6.61. The van der Waals surface area contributed by atoms with Gasteiger partial charge in [-0.3, -0.25) is 4.98 Å². The van der Waals surface area contributed by atoms with E-state index in [9.17, 15) is 4.21 Å². The molecule has 0 aliphatic heterocycles. The van der Waals surface area contributed by atoms with Crippen molar-refractivity contribution in [2.75, 3.05) is 12.4 Å². The average molecular weight is 312 g/mol. The van der Waals surface area contributed by atoms with E-state index in [4.69, 9.17) is 9.52 Å². The lowest BCUT2D eigenvalue weighted by Crippen LogP contribution is -1.94. The summed E-state index contributed by atoms with van der Waals surface area (Å²) in [6.07, 6.45) is 1.72. The fourth-order valence-corrected chi connectivity index (χ4v) is 2.62. The summed E-state index contributed by atoms with van der Waals surface area (Å²) in [6.45, 7) is 0. The van der Waals surface area contributed by atoms with Crippen LogP contribution in [0.25, 0.3) is 10.9 Å². The Labute approximate surface area is 130 Å². The number of hydrogen-bond donors (Lipinski definition) is 2. The van der Waals surface area contributed by atoms with Gasteiger partial charge in [-0.15, -0.1) is 0 Å². The highest BCUT2D eigenvalue weighted by Gasteiger charge is 2.06. The van der Waals surface area contributed by atoms with Gasteiger partial charge in [0.2, 0.25) is 0 Å². The third-order valence-electron chi connectivity index (χ3n) is 3.30. The maximum absolute atomic E-state index is 11.1. The monoisotopic (exact) mass is 312 g/mol. The molecule has 1 aromatic heterocycles. The van der Waals surface area contributed by atoms with Crippen LogP contribution in [0.1, 0.15) is 0 Å². The molecule has 5 nitrogen and oxygen atoms in total. The standard InChI is InChI=1S/C16H14N3O2S/c1-21-15-4-2-3-13-14(9-10-18-16(13)15)19-11-5-7-12(8-6-11)22(17)20/h2-10,17H,1H3,(H,18,19)/q-1. The van der Waals surface area contributed by atoms with Crippen LogP contribution >= 0.6 is 0 Å². The van der Waals surface area contributed by atoms with E-state index in [-0.39, 0.29) is 0 Å². The number of nitrogens with one attached hydrogen (secondary N) is 2. The Balaban J connectivity index is 2.00. The molecule has 0 bridgehead atoms. The zero-order valence-corrected chi connectivity index (χ0v) is 12.7. The van der Waals surface area contributed by atoms with Gasteiger partial charge in [0.15, 0.2) is 0 Å². The SMILES string of the molecule is COc1cccc2c(Nc3ccc([S-](=N)=O)cc3)ccnc12. The summed E-state index contributed by atoms with van der Waals surface area (Å²) < 4.78 is 23.6. The summed E-state index contributed by atoms with van der Waals surface area (Å²) >= 11 is 0. The maximum Gasteiger partial charge on any atom is 0.145 e. The van der Waals surface area contributed by atoms with Crippen molar-refractivity contribution in [2.45, 2.75) is 4.90 Å². The summed E-state index contributed by atoms with van der Waals surface area (Å²) in [6, 6.07) is 14.6. The molecular formula is C16H14N3O2S-. The van der Waals surface area contributed by atoms with Gasteiger partial charge in [-0.2, -0.15) is 10.6 Å². The minimum absolute atomic E-state index is 0.479. The number of rotatable bonds is 4. The first-order chi connectivity index (χ1) is 10.7. The van der Waals surface area contributed by atoms with Crippen molar-refractivity contribution in [2.24, 2.45) is 0 Å². The second-order valence-corrected chi connectivity index (χ2v) is 5.64. The van der Waals surface area contributed by atoms with Crippen LogP contribution in [0.4, 0.5) is 11.4 Å². The predicted molar refractivity (Wildman–Crippen MR) is 87.1 cm³/mol. The first kappa shape index (κ1) is 14.3. The van der Waals surface area contributed by atoms with E-state index in [0.29, 0.717) is 4.90 Å². The van der Waals surface area contributed by atoms with Crippen molar-refractivity contribution in [1.29, 1.82) is 4.78 Å². The Kier molecular flexibility index (Phi) is 3.93. The maximum atomic E-state index is 11.1. The number of methoxy groups -OCH3 is 1. The highest BCUT2D eigenvalue weighted by Crippen LogP contribution is 2.30. The van der Waals surface area contributed by atoms with Crippen molar-refractivity contribution in [3.63, 3.8) is 0 Å². The van der Waals surface area contributed by atoms with Crippen LogP contribution in [-0.2, 0) is 14.8 Å². The minimum Gasteiger partial charge on any atom is -0.494 e. The molecule has 2 aromatic carbocycles. The molecule has 1 heterocycles. The Hall–Kier alpha value is -2.60. The highest BCUT2D eigenvalue weighted by molar-refractivity contribution is 7.73. The smallest absolute Gasteiger partial charge is 0.145 e. The number of fused-ring (bicyclic) bond motifs is 1. The Morgan fingerprint density at radius 2 is 1.91 bits per heavy atom. The molecule has 0 atom stereocenters. The van der Waals surface area contributed by atoms with E-state index in [0.717, 1.165) is 28.0 Å². The van der Waals surface area contributed by atoms with E-state index in [1.807, 2.05) is 24.3 Å². The van der Waals surface area contributed by atoms with E-state index < -0.39 is 10.6 Å². The number of benzene rings is 2. The zero-order chi connectivity index (χ0) is 15.5. The van der Waals surface area contributed by atoms with Gasteiger partial charge < -0.3 is 19.0 Å². The molecule has 6 heteroatoms. The third kappa shape index (κ3) is 2.73.